The molecule has 4 N–H and O–H groups in total. The Morgan fingerprint density at radius 2 is 2.05 bits per heavy atom. The van der Waals surface area contributed by atoms with Crippen molar-refractivity contribution in [2.45, 2.75) is 6.42 Å². The predicted octanol–water partition coefficient (Wildman–Crippen LogP) is 2.05. The molecule has 0 unspecified atom stereocenters. The van der Waals surface area contributed by atoms with Crippen LogP contribution in [0.2, 0.25) is 0 Å². The number of hydrogen-bond acceptors (Lipinski definition) is 4. The first-order valence-electron chi connectivity index (χ1n) is 6.20. The molecule has 2 aromatic rings. The Morgan fingerprint density at radius 1 is 1.24 bits per heavy atom. The minimum atomic E-state index is -1.23. The number of furan rings is 1. The SMILES string of the molecule is O=C(NCCc1ccco1)Nc1ccc(C(=O)O)c(O)c1. The van der Waals surface area contributed by atoms with Crippen LogP contribution < -0.4 is 10.6 Å². The Kier molecular flexibility index (Phi) is 4.45. The van der Waals surface area contributed by atoms with Gasteiger partial charge in [-0.1, -0.05) is 0 Å². The van der Waals surface area contributed by atoms with Gasteiger partial charge in [0.05, 0.1) is 6.26 Å². The Labute approximate surface area is 120 Å². The maximum absolute atomic E-state index is 11.6. The average molecular weight is 290 g/mol. The number of amides is 2. The number of benzene rings is 1. The topological polar surface area (TPSA) is 112 Å². The van der Waals surface area contributed by atoms with Crippen LogP contribution >= 0.6 is 0 Å². The molecule has 0 bridgehead atoms. The third-order valence-electron chi connectivity index (χ3n) is 2.72. The molecule has 7 heteroatoms. The van der Waals surface area contributed by atoms with Crippen LogP contribution in [-0.4, -0.2) is 28.8 Å². The molecule has 21 heavy (non-hydrogen) atoms. The summed E-state index contributed by atoms with van der Waals surface area (Å²) < 4.78 is 5.12. The largest absolute Gasteiger partial charge is 0.507 e. The zero-order valence-electron chi connectivity index (χ0n) is 11.0. The lowest BCUT2D eigenvalue weighted by Gasteiger charge is -2.08. The van der Waals surface area contributed by atoms with Crippen molar-refractivity contribution in [1.29, 1.82) is 0 Å². The van der Waals surface area contributed by atoms with Crippen LogP contribution in [-0.2, 0) is 6.42 Å². The molecule has 0 aliphatic heterocycles. The van der Waals surface area contributed by atoms with Crippen LogP contribution in [0.5, 0.6) is 5.75 Å². The zero-order valence-corrected chi connectivity index (χ0v) is 11.0. The van der Waals surface area contributed by atoms with Gasteiger partial charge in [-0.25, -0.2) is 9.59 Å². The molecule has 0 saturated heterocycles. The van der Waals surface area contributed by atoms with E-state index in [0.29, 0.717) is 18.7 Å². The molecule has 2 amide bonds. The predicted molar refractivity (Wildman–Crippen MR) is 74.5 cm³/mol. The zero-order chi connectivity index (χ0) is 15.2. The smallest absolute Gasteiger partial charge is 0.339 e. The third kappa shape index (κ3) is 4.00. The number of phenols is 1. The van der Waals surface area contributed by atoms with Gasteiger partial charge in [0, 0.05) is 24.7 Å². The van der Waals surface area contributed by atoms with Crippen LogP contribution in [0.3, 0.4) is 0 Å². The van der Waals surface area contributed by atoms with E-state index in [2.05, 4.69) is 10.6 Å². The number of anilines is 1. The standard InChI is InChI=1S/C14H14N2O5/c17-12-8-9(3-4-11(12)13(18)19)16-14(20)15-6-5-10-2-1-7-21-10/h1-4,7-8,17H,5-6H2,(H,18,19)(H2,15,16,20). The van der Waals surface area contributed by atoms with Crippen LogP contribution in [0.15, 0.2) is 41.0 Å². The first-order valence-corrected chi connectivity index (χ1v) is 6.20. The molecule has 1 heterocycles. The maximum Gasteiger partial charge on any atom is 0.339 e. The van der Waals surface area contributed by atoms with E-state index in [1.54, 1.807) is 12.3 Å². The Bertz CT molecular complexity index is 637. The normalized spacial score (nSPS) is 10.1. The second-order valence-corrected chi connectivity index (χ2v) is 4.25. The minimum absolute atomic E-state index is 0.223. The molecule has 110 valence electrons. The van der Waals surface area contributed by atoms with Gasteiger partial charge >= 0.3 is 12.0 Å². The number of carboxylic acid groups (broad SMARTS) is 1. The molecular weight excluding hydrogens is 276 g/mol. The molecule has 0 aliphatic carbocycles. The number of urea groups is 1. The number of carbonyl (C=O) groups is 2. The van der Waals surface area contributed by atoms with Gasteiger partial charge in [-0.2, -0.15) is 0 Å². The highest BCUT2D eigenvalue weighted by atomic mass is 16.4. The number of carboxylic acids is 1. The van der Waals surface area contributed by atoms with Crippen LogP contribution in [0.25, 0.3) is 0 Å². The van der Waals surface area contributed by atoms with Gasteiger partial charge in [0.2, 0.25) is 0 Å². The van der Waals surface area contributed by atoms with E-state index in [1.165, 1.54) is 18.2 Å². The lowest BCUT2D eigenvalue weighted by Crippen LogP contribution is -2.30. The maximum atomic E-state index is 11.6. The minimum Gasteiger partial charge on any atom is -0.507 e. The summed E-state index contributed by atoms with van der Waals surface area (Å²) in [5.74, 6) is -0.878. The molecule has 0 radical (unpaired) electrons. The molecule has 7 nitrogen and oxygen atoms in total. The lowest BCUT2D eigenvalue weighted by atomic mass is 10.2. The fourth-order valence-corrected chi connectivity index (χ4v) is 1.72. The highest BCUT2D eigenvalue weighted by Gasteiger charge is 2.10. The van der Waals surface area contributed by atoms with Crippen molar-refractivity contribution >= 4 is 17.7 Å². The molecule has 1 aromatic carbocycles. The average Bonchev–Trinajstić information content (AvgIpc) is 2.91. The van der Waals surface area contributed by atoms with E-state index in [4.69, 9.17) is 9.52 Å². The Morgan fingerprint density at radius 3 is 2.67 bits per heavy atom. The highest BCUT2D eigenvalue weighted by Crippen LogP contribution is 2.21. The summed E-state index contributed by atoms with van der Waals surface area (Å²) in [6.07, 6.45) is 2.12. The van der Waals surface area contributed by atoms with Crippen LogP contribution in [0, 0.1) is 0 Å². The van der Waals surface area contributed by atoms with E-state index in [0.717, 1.165) is 5.76 Å². The third-order valence-corrected chi connectivity index (χ3v) is 2.72. The number of aromatic carboxylic acids is 1. The molecule has 0 atom stereocenters. The number of hydrogen-bond donors (Lipinski definition) is 4. The van der Waals surface area contributed by atoms with E-state index in [-0.39, 0.29) is 5.56 Å². The van der Waals surface area contributed by atoms with E-state index < -0.39 is 17.7 Å². The summed E-state index contributed by atoms with van der Waals surface area (Å²) in [4.78, 5) is 22.4. The van der Waals surface area contributed by atoms with Gasteiger partial charge in [-0.05, 0) is 24.3 Å². The Hall–Kier alpha value is -2.96. The van der Waals surface area contributed by atoms with Crippen LogP contribution in [0.1, 0.15) is 16.1 Å². The highest BCUT2D eigenvalue weighted by molar-refractivity contribution is 5.93. The molecule has 1 aromatic heterocycles. The fraction of sp³-hybridized carbons (Fsp3) is 0.143. The molecule has 0 spiro atoms. The van der Waals surface area contributed by atoms with Crippen molar-refractivity contribution in [3.05, 3.63) is 47.9 Å². The van der Waals surface area contributed by atoms with Gasteiger partial charge < -0.3 is 25.3 Å². The Balaban J connectivity index is 1.85. The number of rotatable bonds is 5. The summed E-state index contributed by atoms with van der Waals surface area (Å²) in [5.41, 5.74) is 0.0757. The summed E-state index contributed by atoms with van der Waals surface area (Å²) in [7, 11) is 0. The van der Waals surface area contributed by atoms with Crippen molar-refractivity contribution in [3.8, 4) is 5.75 Å². The van der Waals surface area contributed by atoms with E-state index in [1.807, 2.05) is 6.07 Å². The summed E-state index contributed by atoms with van der Waals surface area (Å²) >= 11 is 0. The quantitative estimate of drug-likeness (QED) is 0.673. The van der Waals surface area contributed by atoms with Crippen molar-refractivity contribution in [2.75, 3.05) is 11.9 Å². The second-order valence-electron chi connectivity index (χ2n) is 4.25. The first-order chi connectivity index (χ1) is 10.1. The van der Waals surface area contributed by atoms with Gasteiger partial charge in [0.1, 0.15) is 17.1 Å². The molecular formula is C14H14N2O5. The summed E-state index contributed by atoms with van der Waals surface area (Å²) in [6, 6.07) is 6.91. The number of aromatic hydroxyl groups is 1. The van der Waals surface area contributed by atoms with Gasteiger partial charge in [0.15, 0.2) is 0 Å². The van der Waals surface area contributed by atoms with Crippen LogP contribution in [0.4, 0.5) is 10.5 Å². The van der Waals surface area contributed by atoms with E-state index >= 15 is 0 Å². The first kappa shape index (κ1) is 14.4. The van der Waals surface area contributed by atoms with Crippen molar-refractivity contribution in [3.63, 3.8) is 0 Å². The lowest BCUT2D eigenvalue weighted by molar-refractivity contribution is 0.0694. The number of nitrogens with one attached hydrogen (secondary N) is 2. The molecule has 0 saturated carbocycles. The number of carbonyl (C=O) groups excluding carboxylic acids is 1. The summed E-state index contributed by atoms with van der Waals surface area (Å²) in [5, 5.41) is 23.4. The fourth-order valence-electron chi connectivity index (χ4n) is 1.72. The second kappa shape index (κ2) is 6.47. The molecule has 2 rings (SSSR count). The summed E-state index contributed by atoms with van der Waals surface area (Å²) in [6.45, 7) is 0.387. The van der Waals surface area contributed by atoms with Crippen molar-refractivity contribution in [1.82, 2.24) is 5.32 Å². The van der Waals surface area contributed by atoms with Gasteiger partial charge in [-0.3, -0.25) is 0 Å². The van der Waals surface area contributed by atoms with Gasteiger partial charge in [-0.15, -0.1) is 0 Å². The van der Waals surface area contributed by atoms with Crippen molar-refractivity contribution < 1.29 is 24.2 Å². The van der Waals surface area contributed by atoms with Gasteiger partial charge in [0.25, 0.3) is 0 Å². The van der Waals surface area contributed by atoms with E-state index in [9.17, 15) is 14.7 Å². The van der Waals surface area contributed by atoms with Crippen molar-refractivity contribution in [2.24, 2.45) is 0 Å². The monoisotopic (exact) mass is 290 g/mol. The molecule has 0 aliphatic rings. The molecule has 0 fully saturated rings.